The van der Waals surface area contributed by atoms with Gasteiger partial charge >= 0.3 is 0 Å². The predicted octanol–water partition coefficient (Wildman–Crippen LogP) is 3.97. The lowest BCUT2D eigenvalue weighted by Crippen LogP contribution is -2.24. The van der Waals surface area contributed by atoms with Crippen molar-refractivity contribution in [3.05, 3.63) is 29.8 Å². The van der Waals surface area contributed by atoms with Gasteiger partial charge < -0.3 is 10.1 Å². The Morgan fingerprint density at radius 1 is 1.26 bits per heavy atom. The van der Waals surface area contributed by atoms with E-state index in [0.29, 0.717) is 5.92 Å². The number of hydrogen-bond donors (Lipinski definition) is 1. The molecule has 19 heavy (non-hydrogen) atoms. The van der Waals surface area contributed by atoms with E-state index in [2.05, 4.69) is 50.4 Å². The van der Waals surface area contributed by atoms with Crippen LogP contribution in [-0.4, -0.2) is 19.2 Å². The molecular formula is C17H27NO. The summed E-state index contributed by atoms with van der Waals surface area (Å²) in [6, 6.07) is 8.60. The number of hydrogen-bond acceptors (Lipinski definition) is 2. The molecule has 2 atom stereocenters. The van der Waals surface area contributed by atoms with Crippen molar-refractivity contribution in [1.29, 1.82) is 0 Å². The fourth-order valence-corrected chi connectivity index (χ4v) is 3.17. The van der Waals surface area contributed by atoms with E-state index in [1.807, 2.05) is 0 Å². The van der Waals surface area contributed by atoms with Gasteiger partial charge in [-0.05, 0) is 63.2 Å². The first kappa shape index (κ1) is 14.4. The highest BCUT2D eigenvalue weighted by atomic mass is 16.5. The van der Waals surface area contributed by atoms with Crippen LogP contribution in [0.1, 0.15) is 51.5 Å². The van der Waals surface area contributed by atoms with Crippen LogP contribution in [0.3, 0.4) is 0 Å². The first-order valence-electron chi connectivity index (χ1n) is 7.68. The Morgan fingerprint density at radius 2 is 2.05 bits per heavy atom. The zero-order valence-electron chi connectivity index (χ0n) is 12.5. The van der Waals surface area contributed by atoms with Gasteiger partial charge in [-0.25, -0.2) is 0 Å². The summed E-state index contributed by atoms with van der Waals surface area (Å²) < 4.78 is 5.99. The second-order valence-electron chi connectivity index (χ2n) is 5.81. The Balaban J connectivity index is 2.15. The quantitative estimate of drug-likeness (QED) is 0.836. The van der Waals surface area contributed by atoms with E-state index in [1.54, 1.807) is 0 Å². The van der Waals surface area contributed by atoms with Crippen LogP contribution in [0.4, 0.5) is 0 Å². The molecule has 2 nitrogen and oxygen atoms in total. The molecule has 0 bridgehead atoms. The van der Waals surface area contributed by atoms with Crippen molar-refractivity contribution in [3.63, 3.8) is 0 Å². The van der Waals surface area contributed by atoms with Crippen LogP contribution in [0.5, 0.6) is 5.75 Å². The summed E-state index contributed by atoms with van der Waals surface area (Å²) in [5.74, 6) is 2.51. The molecular weight excluding hydrogens is 234 g/mol. The lowest BCUT2D eigenvalue weighted by molar-refractivity contribution is 0.237. The molecule has 106 valence electrons. The lowest BCUT2D eigenvalue weighted by atomic mass is 9.88. The summed E-state index contributed by atoms with van der Waals surface area (Å²) in [6.07, 6.45) is 4.23. The second kappa shape index (κ2) is 6.95. The van der Waals surface area contributed by atoms with Crippen molar-refractivity contribution in [2.45, 2.75) is 52.1 Å². The minimum atomic E-state index is 0.245. The maximum absolute atomic E-state index is 5.99. The van der Waals surface area contributed by atoms with Crippen molar-refractivity contribution >= 4 is 0 Å². The SMILES string of the molecule is CCNCC1CCCC1c1ccccc1OC(C)C. The molecule has 0 saturated heterocycles. The molecule has 2 heteroatoms. The lowest BCUT2D eigenvalue weighted by Gasteiger charge is -2.23. The fourth-order valence-electron chi connectivity index (χ4n) is 3.17. The Labute approximate surface area is 117 Å². The fraction of sp³-hybridized carbons (Fsp3) is 0.647. The van der Waals surface area contributed by atoms with Gasteiger partial charge in [0.2, 0.25) is 0 Å². The summed E-state index contributed by atoms with van der Waals surface area (Å²) in [6.45, 7) is 8.58. The van der Waals surface area contributed by atoms with Gasteiger partial charge in [0, 0.05) is 0 Å². The Hall–Kier alpha value is -1.02. The van der Waals surface area contributed by atoms with Crippen LogP contribution in [-0.2, 0) is 0 Å². The molecule has 1 aromatic rings. The van der Waals surface area contributed by atoms with E-state index >= 15 is 0 Å². The number of rotatable bonds is 6. The largest absolute Gasteiger partial charge is 0.491 e. The van der Waals surface area contributed by atoms with Gasteiger partial charge in [-0.1, -0.05) is 31.5 Å². The summed E-state index contributed by atoms with van der Waals surface area (Å²) in [5.41, 5.74) is 1.41. The number of benzene rings is 1. The molecule has 0 amide bonds. The van der Waals surface area contributed by atoms with Crippen molar-refractivity contribution in [2.75, 3.05) is 13.1 Å². The summed E-state index contributed by atoms with van der Waals surface area (Å²) >= 11 is 0. The molecule has 0 aliphatic heterocycles. The smallest absolute Gasteiger partial charge is 0.123 e. The van der Waals surface area contributed by atoms with Gasteiger partial charge in [-0.15, -0.1) is 0 Å². The Bertz CT molecular complexity index is 389. The first-order valence-corrected chi connectivity index (χ1v) is 7.68. The third-order valence-corrected chi connectivity index (χ3v) is 4.00. The molecule has 0 spiro atoms. The monoisotopic (exact) mass is 261 g/mol. The molecule has 0 heterocycles. The third kappa shape index (κ3) is 3.73. The van der Waals surface area contributed by atoms with Crippen molar-refractivity contribution in [3.8, 4) is 5.75 Å². The molecule has 1 aromatic carbocycles. The van der Waals surface area contributed by atoms with Gasteiger partial charge in [0.05, 0.1) is 6.10 Å². The summed E-state index contributed by atoms with van der Waals surface area (Å²) in [4.78, 5) is 0. The zero-order chi connectivity index (χ0) is 13.7. The maximum Gasteiger partial charge on any atom is 0.123 e. The molecule has 0 radical (unpaired) electrons. The highest BCUT2D eigenvalue weighted by Gasteiger charge is 2.30. The highest BCUT2D eigenvalue weighted by molar-refractivity contribution is 5.37. The molecule has 2 unspecified atom stereocenters. The molecule has 2 rings (SSSR count). The number of para-hydroxylation sites is 1. The first-order chi connectivity index (χ1) is 9.22. The Morgan fingerprint density at radius 3 is 2.79 bits per heavy atom. The van der Waals surface area contributed by atoms with Gasteiger partial charge in [0.25, 0.3) is 0 Å². The van der Waals surface area contributed by atoms with Crippen molar-refractivity contribution < 1.29 is 4.74 Å². The van der Waals surface area contributed by atoms with Gasteiger partial charge in [-0.2, -0.15) is 0 Å². The minimum absolute atomic E-state index is 0.245. The molecule has 1 aliphatic carbocycles. The van der Waals surface area contributed by atoms with E-state index in [-0.39, 0.29) is 6.10 Å². The normalized spacial score (nSPS) is 22.9. The number of nitrogens with one attached hydrogen (secondary N) is 1. The van der Waals surface area contributed by atoms with Crippen LogP contribution in [0.25, 0.3) is 0 Å². The van der Waals surface area contributed by atoms with Crippen molar-refractivity contribution in [1.82, 2.24) is 5.32 Å². The van der Waals surface area contributed by atoms with E-state index in [4.69, 9.17) is 4.74 Å². The summed E-state index contributed by atoms with van der Waals surface area (Å²) in [7, 11) is 0. The highest BCUT2D eigenvalue weighted by Crippen LogP contribution is 2.42. The topological polar surface area (TPSA) is 21.3 Å². The van der Waals surface area contributed by atoms with E-state index in [1.165, 1.54) is 24.8 Å². The van der Waals surface area contributed by atoms with E-state index in [9.17, 15) is 0 Å². The Kier molecular flexibility index (Phi) is 5.26. The number of ether oxygens (including phenoxy) is 1. The van der Waals surface area contributed by atoms with Crippen LogP contribution in [0, 0.1) is 5.92 Å². The molecule has 1 N–H and O–H groups in total. The average Bonchev–Trinajstić information content (AvgIpc) is 2.84. The van der Waals surface area contributed by atoms with Crippen LogP contribution < -0.4 is 10.1 Å². The second-order valence-corrected chi connectivity index (χ2v) is 5.81. The predicted molar refractivity (Wildman–Crippen MR) is 80.8 cm³/mol. The standard InChI is InChI=1S/C17H27NO/c1-4-18-12-14-8-7-10-15(14)16-9-5-6-11-17(16)19-13(2)3/h5-6,9,11,13-15,18H,4,7-8,10,12H2,1-3H3. The zero-order valence-corrected chi connectivity index (χ0v) is 12.5. The molecule has 1 aliphatic rings. The minimum Gasteiger partial charge on any atom is -0.491 e. The van der Waals surface area contributed by atoms with Crippen LogP contribution >= 0.6 is 0 Å². The van der Waals surface area contributed by atoms with Crippen molar-refractivity contribution in [2.24, 2.45) is 5.92 Å². The maximum atomic E-state index is 5.99. The third-order valence-electron chi connectivity index (χ3n) is 4.00. The van der Waals surface area contributed by atoms with Crippen LogP contribution in [0.2, 0.25) is 0 Å². The van der Waals surface area contributed by atoms with Gasteiger partial charge in [0.1, 0.15) is 5.75 Å². The molecule has 0 aromatic heterocycles. The summed E-state index contributed by atoms with van der Waals surface area (Å²) in [5, 5.41) is 3.51. The van der Waals surface area contributed by atoms with E-state index < -0.39 is 0 Å². The van der Waals surface area contributed by atoms with Crippen LogP contribution in [0.15, 0.2) is 24.3 Å². The average molecular weight is 261 g/mol. The molecule has 1 fully saturated rings. The van der Waals surface area contributed by atoms with E-state index in [0.717, 1.165) is 24.8 Å². The molecule has 1 saturated carbocycles. The van der Waals surface area contributed by atoms with Gasteiger partial charge in [-0.3, -0.25) is 0 Å². The van der Waals surface area contributed by atoms with Gasteiger partial charge in [0.15, 0.2) is 0 Å².